The van der Waals surface area contributed by atoms with Crippen LogP contribution in [0.3, 0.4) is 0 Å². The van der Waals surface area contributed by atoms with E-state index in [1.54, 1.807) is 6.92 Å². The van der Waals surface area contributed by atoms with Crippen molar-refractivity contribution in [3.05, 3.63) is 15.8 Å². The van der Waals surface area contributed by atoms with Crippen molar-refractivity contribution in [2.24, 2.45) is 0 Å². The van der Waals surface area contributed by atoms with E-state index in [1.165, 1.54) is 6.07 Å². The normalized spacial score (nSPS) is 13.3. The van der Waals surface area contributed by atoms with Gasteiger partial charge in [0, 0.05) is 21.6 Å². The number of aryl methyl sites for hydroxylation is 1. The Balaban J connectivity index is 2.79. The van der Waals surface area contributed by atoms with Gasteiger partial charge in [-0.25, -0.2) is 8.42 Å². The first-order chi connectivity index (χ1) is 8.75. The van der Waals surface area contributed by atoms with Gasteiger partial charge in [0.05, 0.1) is 9.77 Å². The molecule has 7 heteroatoms. The number of hydrogen-bond donors (Lipinski definition) is 1. The van der Waals surface area contributed by atoms with Crippen LogP contribution in [0.25, 0.3) is 0 Å². The smallest absolute Gasteiger partial charge is 0.262 e. The van der Waals surface area contributed by atoms with E-state index in [-0.39, 0.29) is 16.8 Å². The Morgan fingerprint density at radius 2 is 2.16 bits per heavy atom. The molecule has 0 aliphatic heterocycles. The van der Waals surface area contributed by atoms with Gasteiger partial charge >= 0.3 is 0 Å². The number of rotatable bonds is 6. The summed E-state index contributed by atoms with van der Waals surface area (Å²) in [5.74, 6) is -0.247. The number of nitrogens with one attached hydrogen (secondary N) is 1. The minimum atomic E-state index is -3.79. The quantitative estimate of drug-likeness (QED) is 0.817. The second-order valence-electron chi connectivity index (χ2n) is 4.49. The first-order valence-corrected chi connectivity index (χ1v) is 9.24. The van der Waals surface area contributed by atoms with Crippen LogP contribution in [0.2, 0.25) is 0 Å². The SMILES string of the molecule is CCCCC(C)NC(=O)c1cc(S(=O)(=O)Cl)c(C)s1. The van der Waals surface area contributed by atoms with Crippen molar-refractivity contribution in [2.75, 3.05) is 0 Å². The molecule has 1 N–H and O–H groups in total. The number of thiophene rings is 1. The minimum absolute atomic E-state index is 0.0190. The lowest BCUT2D eigenvalue weighted by atomic mass is 10.1. The third-order valence-corrected chi connectivity index (χ3v) is 5.35. The van der Waals surface area contributed by atoms with Crippen molar-refractivity contribution in [1.82, 2.24) is 5.32 Å². The van der Waals surface area contributed by atoms with Crippen molar-refractivity contribution in [3.8, 4) is 0 Å². The van der Waals surface area contributed by atoms with Gasteiger partial charge in [0.25, 0.3) is 15.0 Å². The second-order valence-corrected chi connectivity index (χ2v) is 8.28. The molecule has 1 atom stereocenters. The van der Waals surface area contributed by atoms with Crippen LogP contribution in [0.15, 0.2) is 11.0 Å². The lowest BCUT2D eigenvalue weighted by Gasteiger charge is -2.12. The van der Waals surface area contributed by atoms with Crippen LogP contribution < -0.4 is 5.32 Å². The molecule has 0 aliphatic rings. The molecule has 0 fully saturated rings. The number of carbonyl (C=O) groups excluding carboxylic acids is 1. The highest BCUT2D eigenvalue weighted by Gasteiger charge is 2.20. The van der Waals surface area contributed by atoms with Crippen molar-refractivity contribution < 1.29 is 13.2 Å². The fourth-order valence-electron chi connectivity index (χ4n) is 1.70. The average molecular weight is 324 g/mol. The lowest BCUT2D eigenvalue weighted by molar-refractivity contribution is 0.0942. The van der Waals surface area contributed by atoms with Crippen LogP contribution in [0, 0.1) is 6.92 Å². The van der Waals surface area contributed by atoms with Gasteiger partial charge in [-0.15, -0.1) is 11.3 Å². The summed E-state index contributed by atoms with van der Waals surface area (Å²) in [7, 11) is 1.52. The van der Waals surface area contributed by atoms with Crippen LogP contribution in [0.5, 0.6) is 0 Å². The first kappa shape index (κ1) is 16.5. The number of hydrogen-bond acceptors (Lipinski definition) is 4. The molecule has 19 heavy (non-hydrogen) atoms. The summed E-state index contributed by atoms with van der Waals surface area (Å²) >= 11 is 1.14. The molecule has 0 bridgehead atoms. The molecule has 0 saturated carbocycles. The molecule has 0 radical (unpaired) electrons. The minimum Gasteiger partial charge on any atom is -0.349 e. The van der Waals surface area contributed by atoms with E-state index in [9.17, 15) is 13.2 Å². The van der Waals surface area contributed by atoms with Crippen molar-refractivity contribution in [1.29, 1.82) is 0 Å². The topological polar surface area (TPSA) is 63.2 Å². The molecular weight excluding hydrogens is 306 g/mol. The van der Waals surface area contributed by atoms with Crippen LogP contribution in [-0.4, -0.2) is 20.4 Å². The molecule has 0 saturated heterocycles. The highest BCUT2D eigenvalue weighted by Crippen LogP contribution is 2.28. The van der Waals surface area contributed by atoms with Crippen LogP contribution in [0.1, 0.15) is 47.7 Å². The third-order valence-electron chi connectivity index (χ3n) is 2.73. The standard InChI is InChI=1S/C12H18ClNO3S2/c1-4-5-6-8(2)14-12(15)10-7-11(9(3)18-10)19(13,16)17/h7-8H,4-6H2,1-3H3,(H,14,15). The molecule has 1 unspecified atom stereocenters. The second kappa shape index (κ2) is 6.72. The first-order valence-electron chi connectivity index (χ1n) is 6.11. The molecule has 1 heterocycles. The highest BCUT2D eigenvalue weighted by atomic mass is 35.7. The number of halogens is 1. The van der Waals surface area contributed by atoms with Gasteiger partial charge in [-0.1, -0.05) is 19.8 Å². The highest BCUT2D eigenvalue weighted by molar-refractivity contribution is 8.13. The van der Waals surface area contributed by atoms with Crippen LogP contribution in [0.4, 0.5) is 0 Å². The van der Waals surface area contributed by atoms with E-state index in [4.69, 9.17) is 10.7 Å². The molecule has 0 aliphatic carbocycles. The Labute approximate surface area is 122 Å². The maximum atomic E-state index is 12.0. The number of amides is 1. The molecule has 0 spiro atoms. The maximum absolute atomic E-state index is 12.0. The Kier molecular flexibility index (Phi) is 5.82. The molecule has 1 amide bonds. The van der Waals surface area contributed by atoms with E-state index < -0.39 is 9.05 Å². The van der Waals surface area contributed by atoms with Gasteiger partial charge in [0.2, 0.25) is 0 Å². The zero-order chi connectivity index (χ0) is 14.6. The van der Waals surface area contributed by atoms with Gasteiger partial charge in [0.15, 0.2) is 0 Å². The predicted octanol–water partition coefficient (Wildman–Crippen LogP) is 3.29. The average Bonchev–Trinajstić information content (AvgIpc) is 2.68. The summed E-state index contributed by atoms with van der Waals surface area (Å²) in [6.07, 6.45) is 3.03. The molecular formula is C12H18ClNO3S2. The third kappa shape index (κ3) is 4.78. The van der Waals surface area contributed by atoms with Crippen LogP contribution >= 0.6 is 22.0 Å². The van der Waals surface area contributed by atoms with Gasteiger partial charge in [-0.2, -0.15) is 0 Å². The Morgan fingerprint density at radius 3 is 2.63 bits per heavy atom. The van der Waals surface area contributed by atoms with E-state index in [0.29, 0.717) is 9.75 Å². The zero-order valence-electron chi connectivity index (χ0n) is 11.2. The molecule has 1 aromatic heterocycles. The molecule has 1 aromatic rings. The molecule has 1 rings (SSSR count). The van der Waals surface area contributed by atoms with Crippen molar-refractivity contribution >= 4 is 37.0 Å². The summed E-state index contributed by atoms with van der Waals surface area (Å²) < 4.78 is 22.6. The fraction of sp³-hybridized carbons (Fsp3) is 0.583. The zero-order valence-corrected chi connectivity index (χ0v) is 13.6. The van der Waals surface area contributed by atoms with E-state index >= 15 is 0 Å². The van der Waals surface area contributed by atoms with Gasteiger partial charge in [0.1, 0.15) is 0 Å². The lowest BCUT2D eigenvalue weighted by Crippen LogP contribution is -2.31. The molecule has 4 nitrogen and oxygen atoms in total. The van der Waals surface area contributed by atoms with E-state index in [2.05, 4.69) is 12.2 Å². The maximum Gasteiger partial charge on any atom is 0.262 e. The Hall–Kier alpha value is -0.590. The van der Waals surface area contributed by atoms with Crippen molar-refractivity contribution in [2.45, 2.75) is 51.0 Å². The summed E-state index contributed by atoms with van der Waals surface area (Å²) in [4.78, 5) is 12.9. The summed E-state index contributed by atoms with van der Waals surface area (Å²) in [5, 5.41) is 2.86. The molecule has 0 aromatic carbocycles. The summed E-state index contributed by atoms with van der Waals surface area (Å²) in [6, 6.07) is 1.41. The van der Waals surface area contributed by atoms with Gasteiger partial charge < -0.3 is 5.32 Å². The molecule has 108 valence electrons. The summed E-state index contributed by atoms with van der Waals surface area (Å²) in [5.41, 5.74) is 0. The van der Waals surface area contributed by atoms with Gasteiger partial charge in [-0.3, -0.25) is 4.79 Å². The monoisotopic (exact) mass is 323 g/mol. The van der Waals surface area contributed by atoms with Gasteiger partial charge in [-0.05, 0) is 26.3 Å². The van der Waals surface area contributed by atoms with Crippen LogP contribution in [-0.2, 0) is 9.05 Å². The van der Waals surface area contributed by atoms with Crippen molar-refractivity contribution in [3.63, 3.8) is 0 Å². The fourth-order valence-corrected chi connectivity index (χ4v) is 4.26. The summed E-state index contributed by atoms with van der Waals surface area (Å²) in [6.45, 7) is 5.67. The largest absolute Gasteiger partial charge is 0.349 e. The van der Waals surface area contributed by atoms with E-state index in [0.717, 1.165) is 30.6 Å². The Bertz CT molecular complexity index is 551. The number of unbranched alkanes of at least 4 members (excludes halogenated alkanes) is 1. The number of carbonyl (C=O) groups is 1. The Morgan fingerprint density at radius 1 is 1.53 bits per heavy atom. The van der Waals surface area contributed by atoms with E-state index in [1.807, 2.05) is 6.92 Å². The predicted molar refractivity (Wildman–Crippen MR) is 78.5 cm³/mol.